The first-order chi connectivity index (χ1) is 14.2. The number of fused-ring (bicyclic) bond motifs is 4. The first kappa shape index (κ1) is 23.1. The summed E-state index contributed by atoms with van der Waals surface area (Å²) in [5, 5.41) is 7.93. The van der Waals surface area contributed by atoms with Crippen LogP contribution in [0.25, 0.3) is 11.0 Å². The molecule has 2 N–H and O–H groups in total. The summed E-state index contributed by atoms with van der Waals surface area (Å²) in [5.41, 5.74) is 0.806. The molecule has 4 heterocycles. The molecule has 2 aromatic rings. The highest BCUT2D eigenvalue weighted by Crippen LogP contribution is 2.31. The van der Waals surface area contributed by atoms with E-state index in [9.17, 15) is 0 Å². The Morgan fingerprint density at radius 3 is 2.73 bits per heavy atom. The maximum absolute atomic E-state index is 6.14. The van der Waals surface area contributed by atoms with E-state index in [-0.39, 0.29) is 30.0 Å². The number of guanidine groups is 1. The van der Waals surface area contributed by atoms with Crippen LogP contribution in [0.1, 0.15) is 32.6 Å². The standard InChI is InChI=1S/C22H33N5O2.HI/c1-4-23-22(24-14-18-15-26-9-11-27(18)12-10-26)25-16(3)20-13-17-7-6-8-19(28-5-2)21(17)29-20;/h6-8,13,16,18H,4-5,9-12,14-15H2,1-3H3,(H2,23,24,25);1H. The van der Waals surface area contributed by atoms with E-state index in [0.717, 1.165) is 48.1 Å². The molecular weight excluding hydrogens is 493 g/mol. The van der Waals surface area contributed by atoms with Crippen LogP contribution in [0.3, 0.4) is 0 Å². The van der Waals surface area contributed by atoms with Gasteiger partial charge in [0.1, 0.15) is 5.76 Å². The summed E-state index contributed by atoms with van der Waals surface area (Å²) >= 11 is 0. The Labute approximate surface area is 196 Å². The van der Waals surface area contributed by atoms with Crippen LogP contribution >= 0.6 is 24.0 Å². The van der Waals surface area contributed by atoms with Crippen molar-refractivity contribution in [3.8, 4) is 5.75 Å². The molecule has 5 rings (SSSR count). The zero-order valence-electron chi connectivity index (χ0n) is 18.2. The molecule has 2 atom stereocenters. The first-order valence-corrected chi connectivity index (χ1v) is 10.8. The smallest absolute Gasteiger partial charge is 0.191 e. The lowest BCUT2D eigenvalue weighted by Crippen LogP contribution is -2.62. The monoisotopic (exact) mass is 527 g/mol. The van der Waals surface area contributed by atoms with Gasteiger partial charge in [-0.3, -0.25) is 14.8 Å². The van der Waals surface area contributed by atoms with Gasteiger partial charge >= 0.3 is 0 Å². The van der Waals surface area contributed by atoms with Crippen molar-refractivity contribution in [2.75, 3.05) is 52.4 Å². The van der Waals surface area contributed by atoms with E-state index in [1.807, 2.05) is 19.1 Å². The second-order valence-corrected chi connectivity index (χ2v) is 7.83. The van der Waals surface area contributed by atoms with Crippen LogP contribution in [0, 0.1) is 0 Å². The van der Waals surface area contributed by atoms with Gasteiger partial charge in [-0.15, -0.1) is 24.0 Å². The van der Waals surface area contributed by atoms with Crippen LogP contribution in [-0.4, -0.2) is 74.2 Å². The molecule has 3 aliphatic heterocycles. The number of para-hydroxylation sites is 1. The lowest BCUT2D eigenvalue weighted by atomic mass is 10.1. The zero-order chi connectivity index (χ0) is 20.2. The van der Waals surface area contributed by atoms with Crippen LogP contribution in [0.4, 0.5) is 0 Å². The van der Waals surface area contributed by atoms with E-state index < -0.39 is 0 Å². The summed E-state index contributed by atoms with van der Waals surface area (Å²) in [6.07, 6.45) is 0. The second kappa shape index (κ2) is 10.7. The summed E-state index contributed by atoms with van der Waals surface area (Å²) in [5.74, 6) is 2.51. The van der Waals surface area contributed by atoms with Gasteiger partial charge in [0.15, 0.2) is 17.3 Å². The molecule has 1 aromatic heterocycles. The lowest BCUT2D eigenvalue weighted by molar-refractivity contribution is 0.0174. The van der Waals surface area contributed by atoms with Crippen molar-refractivity contribution in [1.29, 1.82) is 0 Å². The predicted molar refractivity (Wildman–Crippen MR) is 132 cm³/mol. The SMILES string of the molecule is CCNC(=NCC1CN2CCN1CC2)NC(C)c1cc2cccc(OCC)c2o1.I. The van der Waals surface area contributed by atoms with Gasteiger partial charge in [-0.1, -0.05) is 12.1 Å². The summed E-state index contributed by atoms with van der Waals surface area (Å²) in [6, 6.07) is 8.60. The van der Waals surface area contributed by atoms with Crippen molar-refractivity contribution in [3.63, 3.8) is 0 Å². The molecule has 1 aromatic carbocycles. The van der Waals surface area contributed by atoms with E-state index in [0.29, 0.717) is 12.6 Å². The lowest BCUT2D eigenvalue weighted by Gasteiger charge is -2.47. The molecule has 3 saturated heterocycles. The van der Waals surface area contributed by atoms with Gasteiger partial charge in [-0.05, 0) is 32.9 Å². The number of hydrogen-bond donors (Lipinski definition) is 2. The van der Waals surface area contributed by atoms with Gasteiger partial charge < -0.3 is 19.8 Å². The first-order valence-electron chi connectivity index (χ1n) is 10.8. The predicted octanol–water partition coefficient (Wildman–Crippen LogP) is 3.07. The molecule has 0 spiro atoms. The number of aliphatic imine (C=N–C) groups is 1. The van der Waals surface area contributed by atoms with Crippen LogP contribution in [0.2, 0.25) is 0 Å². The van der Waals surface area contributed by atoms with Gasteiger partial charge in [-0.25, -0.2) is 0 Å². The molecule has 7 nitrogen and oxygen atoms in total. The Hall–Kier alpha value is -1.52. The van der Waals surface area contributed by atoms with Crippen LogP contribution in [0.5, 0.6) is 5.75 Å². The van der Waals surface area contributed by atoms with Crippen molar-refractivity contribution in [3.05, 3.63) is 30.0 Å². The van der Waals surface area contributed by atoms with Gasteiger partial charge in [0.05, 0.1) is 19.2 Å². The number of furan rings is 1. The third-order valence-electron chi connectivity index (χ3n) is 5.80. The fraction of sp³-hybridized carbons (Fsp3) is 0.591. The van der Waals surface area contributed by atoms with E-state index in [1.165, 1.54) is 26.2 Å². The van der Waals surface area contributed by atoms with E-state index in [2.05, 4.69) is 46.4 Å². The number of hydrogen-bond acceptors (Lipinski definition) is 5. The number of benzene rings is 1. The minimum atomic E-state index is 0. The topological polar surface area (TPSA) is 65.3 Å². The highest BCUT2D eigenvalue weighted by molar-refractivity contribution is 14.0. The minimum absolute atomic E-state index is 0. The normalized spacial score (nSPS) is 24.4. The quantitative estimate of drug-likeness (QED) is 0.328. The molecule has 3 fully saturated rings. The molecule has 30 heavy (non-hydrogen) atoms. The molecule has 0 aliphatic carbocycles. The maximum atomic E-state index is 6.14. The summed E-state index contributed by atoms with van der Waals surface area (Å²) in [7, 11) is 0. The van der Waals surface area contributed by atoms with Crippen LogP contribution in [0.15, 0.2) is 33.7 Å². The van der Waals surface area contributed by atoms with Crippen LogP contribution in [-0.2, 0) is 0 Å². The largest absolute Gasteiger partial charge is 0.490 e. The number of halogens is 1. The minimum Gasteiger partial charge on any atom is -0.490 e. The van der Waals surface area contributed by atoms with Gasteiger partial charge in [0.2, 0.25) is 0 Å². The Morgan fingerprint density at radius 1 is 1.27 bits per heavy atom. The van der Waals surface area contributed by atoms with Crippen LogP contribution < -0.4 is 15.4 Å². The summed E-state index contributed by atoms with van der Waals surface area (Å²) in [4.78, 5) is 10.0. The molecule has 0 amide bonds. The fourth-order valence-electron chi connectivity index (χ4n) is 4.23. The Bertz CT molecular complexity index is 847. The van der Waals surface area contributed by atoms with E-state index in [4.69, 9.17) is 14.1 Å². The van der Waals surface area contributed by atoms with E-state index >= 15 is 0 Å². The van der Waals surface area contributed by atoms with Gasteiger partial charge in [-0.2, -0.15) is 0 Å². The zero-order valence-corrected chi connectivity index (χ0v) is 20.5. The van der Waals surface area contributed by atoms with Crippen molar-refractivity contribution < 1.29 is 9.15 Å². The fourth-order valence-corrected chi connectivity index (χ4v) is 4.23. The highest BCUT2D eigenvalue weighted by Gasteiger charge is 2.31. The number of piperazine rings is 3. The Morgan fingerprint density at radius 2 is 2.07 bits per heavy atom. The summed E-state index contributed by atoms with van der Waals surface area (Å²) < 4.78 is 11.8. The summed E-state index contributed by atoms with van der Waals surface area (Å²) in [6.45, 7) is 14.3. The highest BCUT2D eigenvalue weighted by atomic mass is 127. The molecule has 0 saturated carbocycles. The van der Waals surface area contributed by atoms with Crippen molar-refractivity contribution >= 4 is 40.9 Å². The molecular formula is C22H34IN5O2. The average molecular weight is 527 g/mol. The van der Waals surface area contributed by atoms with Crippen molar-refractivity contribution in [2.45, 2.75) is 32.9 Å². The number of ether oxygens (including phenoxy) is 1. The molecule has 0 radical (unpaired) electrons. The average Bonchev–Trinajstić information content (AvgIpc) is 3.19. The van der Waals surface area contributed by atoms with Crippen molar-refractivity contribution in [1.82, 2.24) is 20.4 Å². The third-order valence-corrected chi connectivity index (χ3v) is 5.80. The molecule has 3 aliphatic rings. The Kier molecular flexibility index (Phi) is 8.24. The van der Waals surface area contributed by atoms with E-state index in [1.54, 1.807) is 0 Å². The molecule has 2 bridgehead atoms. The second-order valence-electron chi connectivity index (χ2n) is 7.83. The van der Waals surface area contributed by atoms with Gasteiger partial charge in [0, 0.05) is 50.7 Å². The number of nitrogens with one attached hydrogen (secondary N) is 2. The van der Waals surface area contributed by atoms with Crippen molar-refractivity contribution in [2.24, 2.45) is 4.99 Å². The van der Waals surface area contributed by atoms with Gasteiger partial charge in [0.25, 0.3) is 0 Å². The number of rotatable bonds is 7. The Balaban J connectivity index is 0.00000256. The molecule has 2 unspecified atom stereocenters. The molecule has 166 valence electrons. The maximum Gasteiger partial charge on any atom is 0.191 e. The molecule has 8 heteroatoms. The third kappa shape index (κ3) is 5.20. The number of nitrogens with zero attached hydrogens (tertiary/aromatic N) is 3.